The quantitative estimate of drug-likeness (QED) is 0.356. The van der Waals surface area contributed by atoms with Crippen molar-refractivity contribution in [3.63, 3.8) is 0 Å². The van der Waals surface area contributed by atoms with E-state index in [1.54, 1.807) is 41.4 Å². The van der Waals surface area contributed by atoms with E-state index in [1.165, 1.54) is 22.0 Å². The molecule has 1 aromatic heterocycles. The van der Waals surface area contributed by atoms with Gasteiger partial charge in [-0.05, 0) is 35.4 Å². The van der Waals surface area contributed by atoms with E-state index in [1.807, 2.05) is 48.5 Å². The minimum absolute atomic E-state index is 0.0174. The first-order chi connectivity index (χ1) is 20.3. The van der Waals surface area contributed by atoms with E-state index in [0.717, 1.165) is 10.9 Å². The number of hydrogen-bond donors (Lipinski definition) is 2. The fourth-order valence-corrected chi connectivity index (χ4v) is 5.90. The summed E-state index contributed by atoms with van der Waals surface area (Å²) in [7, 11) is 1.60. The van der Waals surface area contributed by atoms with Crippen LogP contribution in [-0.2, 0) is 22.7 Å². The number of aromatic nitrogens is 1. The Morgan fingerprint density at radius 3 is 2.67 bits per heavy atom. The SMILES string of the molecule is CN(C(=O)NCc1ccccc1)N1CC(=O)N2C1CN(Cc1c(Cl)ccc3cccnc13)C(=O)[C@@H]2c1cccc(O)c1. The van der Waals surface area contributed by atoms with Gasteiger partial charge in [-0.25, -0.2) is 4.79 Å². The van der Waals surface area contributed by atoms with Crippen LogP contribution in [0.25, 0.3) is 10.9 Å². The maximum absolute atomic E-state index is 14.1. The number of nitrogens with zero attached hydrogens (tertiary/aromatic N) is 5. The first kappa shape index (κ1) is 27.5. The number of rotatable bonds is 6. The third-order valence-electron chi connectivity index (χ3n) is 7.78. The Balaban J connectivity index is 1.33. The predicted molar refractivity (Wildman–Crippen MR) is 157 cm³/mol. The van der Waals surface area contributed by atoms with E-state index in [-0.39, 0.29) is 43.2 Å². The van der Waals surface area contributed by atoms with Crippen molar-refractivity contribution in [3.8, 4) is 5.75 Å². The molecule has 0 radical (unpaired) electrons. The average molecular weight is 585 g/mol. The van der Waals surface area contributed by atoms with Crippen LogP contribution in [0.2, 0.25) is 5.02 Å². The van der Waals surface area contributed by atoms with Crippen molar-refractivity contribution in [2.24, 2.45) is 0 Å². The summed E-state index contributed by atoms with van der Waals surface area (Å²) >= 11 is 6.64. The maximum Gasteiger partial charge on any atom is 0.332 e. The molecule has 2 saturated heterocycles. The number of urea groups is 1. The lowest BCUT2D eigenvalue weighted by Crippen LogP contribution is -2.62. The molecule has 0 aliphatic carbocycles. The third-order valence-corrected chi connectivity index (χ3v) is 8.13. The normalized spacial score (nSPS) is 18.8. The smallest absolute Gasteiger partial charge is 0.332 e. The molecule has 0 saturated carbocycles. The Morgan fingerprint density at radius 2 is 1.88 bits per heavy atom. The molecule has 11 heteroatoms. The number of hydrogen-bond acceptors (Lipinski definition) is 6. The fraction of sp³-hybridized carbons (Fsp3) is 0.226. The Kier molecular flexibility index (Phi) is 7.40. The Morgan fingerprint density at radius 1 is 1.07 bits per heavy atom. The standard InChI is InChI=1S/C31H29ClN6O4/c1-35(31(42)34-16-20-7-3-2-4-8-20)37-19-27(40)38-26(37)18-36(30(41)29(38)22-9-5-11-23(39)15-22)17-24-25(32)13-12-21-10-6-14-33-28(21)24/h2-15,26,29,39H,16-19H2,1H3,(H,34,42)/t26?,29-/m0/s1. The molecule has 10 nitrogen and oxygen atoms in total. The minimum atomic E-state index is -1.00. The number of piperazine rings is 1. The molecular formula is C31H29ClN6O4. The Hall–Kier alpha value is -4.67. The molecule has 1 unspecified atom stereocenters. The van der Waals surface area contributed by atoms with Crippen LogP contribution in [0.15, 0.2) is 85.1 Å². The molecule has 4 aromatic rings. The van der Waals surface area contributed by atoms with Crippen molar-refractivity contribution in [2.45, 2.75) is 25.3 Å². The number of amides is 4. The van der Waals surface area contributed by atoms with Gasteiger partial charge in [-0.1, -0.05) is 66.2 Å². The molecule has 2 N–H and O–H groups in total. The van der Waals surface area contributed by atoms with Crippen LogP contribution in [0.1, 0.15) is 22.7 Å². The topological polar surface area (TPSA) is 109 Å². The summed E-state index contributed by atoms with van der Waals surface area (Å²) < 4.78 is 0. The van der Waals surface area contributed by atoms with Gasteiger partial charge >= 0.3 is 6.03 Å². The zero-order valence-corrected chi connectivity index (χ0v) is 23.6. The van der Waals surface area contributed by atoms with Crippen LogP contribution in [-0.4, -0.2) is 74.1 Å². The zero-order valence-electron chi connectivity index (χ0n) is 22.9. The van der Waals surface area contributed by atoms with Crippen molar-refractivity contribution in [1.29, 1.82) is 0 Å². The molecule has 6 rings (SSSR count). The largest absolute Gasteiger partial charge is 0.508 e. The van der Waals surface area contributed by atoms with Crippen LogP contribution < -0.4 is 5.32 Å². The summed E-state index contributed by atoms with van der Waals surface area (Å²) in [5.41, 5.74) is 2.79. The summed E-state index contributed by atoms with van der Waals surface area (Å²) in [6.07, 6.45) is 1.04. The van der Waals surface area contributed by atoms with Gasteiger partial charge in [-0.3, -0.25) is 19.6 Å². The van der Waals surface area contributed by atoms with E-state index in [0.29, 0.717) is 28.2 Å². The number of benzene rings is 3. The molecule has 0 spiro atoms. The van der Waals surface area contributed by atoms with Crippen molar-refractivity contribution in [3.05, 3.63) is 107 Å². The second-order valence-corrected chi connectivity index (χ2v) is 10.8. The van der Waals surface area contributed by atoms with Gasteiger partial charge in [0.25, 0.3) is 5.91 Å². The van der Waals surface area contributed by atoms with E-state index >= 15 is 0 Å². The van der Waals surface area contributed by atoms with Gasteiger partial charge in [0.1, 0.15) is 18.0 Å². The van der Waals surface area contributed by atoms with Crippen molar-refractivity contribution >= 4 is 40.3 Å². The lowest BCUT2D eigenvalue weighted by atomic mass is 9.99. The number of hydrazine groups is 1. The second kappa shape index (κ2) is 11.3. The van der Waals surface area contributed by atoms with Gasteiger partial charge < -0.3 is 20.2 Å². The highest BCUT2D eigenvalue weighted by molar-refractivity contribution is 6.32. The number of phenolic OH excluding ortho intramolecular Hbond substituents is 1. The van der Waals surface area contributed by atoms with E-state index in [2.05, 4.69) is 10.3 Å². The summed E-state index contributed by atoms with van der Waals surface area (Å²) in [5, 5.41) is 17.6. The Labute approximate surface area is 247 Å². The first-order valence-electron chi connectivity index (χ1n) is 13.5. The van der Waals surface area contributed by atoms with Crippen LogP contribution in [0, 0.1) is 0 Å². The highest BCUT2D eigenvalue weighted by atomic mass is 35.5. The Bertz CT molecular complexity index is 1670. The predicted octanol–water partition coefficient (Wildman–Crippen LogP) is 3.90. The number of pyridine rings is 1. The minimum Gasteiger partial charge on any atom is -0.508 e. The zero-order chi connectivity index (χ0) is 29.4. The number of phenols is 1. The molecule has 0 bridgehead atoms. The molecule has 2 aliphatic heterocycles. The van der Waals surface area contributed by atoms with Crippen LogP contribution in [0.5, 0.6) is 5.75 Å². The molecule has 2 aliphatic rings. The van der Waals surface area contributed by atoms with E-state index in [4.69, 9.17) is 11.6 Å². The van der Waals surface area contributed by atoms with Gasteiger partial charge in [0.2, 0.25) is 5.91 Å². The molecule has 2 fully saturated rings. The van der Waals surface area contributed by atoms with E-state index in [9.17, 15) is 19.5 Å². The monoisotopic (exact) mass is 584 g/mol. The number of nitrogens with one attached hydrogen (secondary N) is 1. The highest BCUT2D eigenvalue weighted by Gasteiger charge is 2.52. The number of carbonyl (C=O) groups is 3. The molecule has 3 heterocycles. The summed E-state index contributed by atoms with van der Waals surface area (Å²) in [5.74, 6) is -0.627. The molecule has 3 aromatic carbocycles. The van der Waals surface area contributed by atoms with Crippen molar-refractivity contribution in [1.82, 2.24) is 30.1 Å². The van der Waals surface area contributed by atoms with Gasteiger partial charge in [0.15, 0.2) is 0 Å². The maximum atomic E-state index is 14.1. The first-order valence-corrected chi connectivity index (χ1v) is 13.9. The number of halogens is 1. The molecule has 2 atom stereocenters. The van der Waals surface area contributed by atoms with Crippen LogP contribution >= 0.6 is 11.6 Å². The summed E-state index contributed by atoms with van der Waals surface area (Å²) in [6.45, 7) is 0.517. The van der Waals surface area contributed by atoms with Crippen LogP contribution in [0.4, 0.5) is 4.79 Å². The van der Waals surface area contributed by atoms with Gasteiger partial charge in [-0.15, -0.1) is 0 Å². The van der Waals surface area contributed by atoms with Gasteiger partial charge in [-0.2, -0.15) is 5.01 Å². The third kappa shape index (κ3) is 5.10. The number of aromatic hydroxyl groups is 1. The van der Waals surface area contributed by atoms with Crippen molar-refractivity contribution in [2.75, 3.05) is 20.1 Å². The van der Waals surface area contributed by atoms with Gasteiger partial charge in [0.05, 0.1) is 18.6 Å². The van der Waals surface area contributed by atoms with Gasteiger partial charge in [0, 0.05) is 42.3 Å². The molecule has 4 amide bonds. The summed E-state index contributed by atoms with van der Waals surface area (Å²) in [4.78, 5) is 48.5. The fourth-order valence-electron chi connectivity index (χ4n) is 5.69. The number of fused-ring (bicyclic) bond motifs is 2. The highest BCUT2D eigenvalue weighted by Crippen LogP contribution is 2.38. The molecule has 214 valence electrons. The van der Waals surface area contributed by atoms with Crippen LogP contribution in [0.3, 0.4) is 0 Å². The second-order valence-electron chi connectivity index (χ2n) is 10.4. The van der Waals surface area contributed by atoms with Crippen molar-refractivity contribution < 1.29 is 19.5 Å². The average Bonchev–Trinajstić information content (AvgIpc) is 3.33. The summed E-state index contributed by atoms with van der Waals surface area (Å²) in [6, 6.07) is 21.9. The molecular weight excluding hydrogens is 556 g/mol. The lowest BCUT2D eigenvalue weighted by molar-refractivity contribution is -0.157. The number of carbonyl (C=O) groups excluding carboxylic acids is 3. The molecule has 42 heavy (non-hydrogen) atoms. The lowest BCUT2D eigenvalue weighted by Gasteiger charge is -2.46. The van der Waals surface area contributed by atoms with E-state index < -0.39 is 12.2 Å².